The molecule has 0 aliphatic heterocycles. The van der Waals surface area contributed by atoms with Crippen molar-refractivity contribution in [3.63, 3.8) is 0 Å². The van der Waals surface area contributed by atoms with Gasteiger partial charge in [0.15, 0.2) is 5.82 Å². The lowest BCUT2D eigenvalue weighted by Crippen LogP contribution is -2.28. The minimum atomic E-state index is -0.666. The minimum absolute atomic E-state index is 0.0928. The SMILES string of the molecule is COc1cc(N(C)CCN(C)C)c([N+](=O)[O-])cc1Nc1ncc(Cl)c(Nc2cc(NC(=O)OC(C)(C)C)ccc2OC)n1. The van der Waals surface area contributed by atoms with Crippen LogP contribution in [-0.4, -0.2) is 79.9 Å². The number of nitrogens with zero attached hydrogens (tertiary/aromatic N) is 5. The van der Waals surface area contributed by atoms with Gasteiger partial charge in [0, 0.05) is 38.0 Å². The van der Waals surface area contributed by atoms with Crippen LogP contribution >= 0.6 is 11.6 Å². The zero-order valence-electron chi connectivity index (χ0n) is 25.4. The molecule has 0 atom stereocenters. The molecule has 0 radical (unpaired) electrons. The van der Waals surface area contributed by atoms with Crippen LogP contribution in [0.2, 0.25) is 5.02 Å². The molecule has 3 aromatic rings. The van der Waals surface area contributed by atoms with Crippen LogP contribution in [0.15, 0.2) is 36.5 Å². The highest BCUT2D eigenvalue weighted by Gasteiger charge is 2.23. The van der Waals surface area contributed by atoms with E-state index in [2.05, 4.69) is 25.9 Å². The van der Waals surface area contributed by atoms with Crippen LogP contribution in [0.1, 0.15) is 20.8 Å². The van der Waals surface area contributed by atoms with Crippen molar-refractivity contribution in [2.24, 2.45) is 0 Å². The van der Waals surface area contributed by atoms with Crippen molar-refractivity contribution < 1.29 is 23.9 Å². The van der Waals surface area contributed by atoms with Gasteiger partial charge in [-0.2, -0.15) is 4.98 Å². The van der Waals surface area contributed by atoms with Gasteiger partial charge in [-0.05, 0) is 53.1 Å². The van der Waals surface area contributed by atoms with Crippen molar-refractivity contribution in [1.82, 2.24) is 14.9 Å². The van der Waals surface area contributed by atoms with Crippen molar-refractivity contribution in [3.8, 4) is 11.5 Å². The van der Waals surface area contributed by atoms with Crippen LogP contribution in [0, 0.1) is 10.1 Å². The number of likely N-dealkylation sites (N-methyl/N-ethyl adjacent to an activating group) is 2. The fourth-order valence-electron chi connectivity index (χ4n) is 3.81. The highest BCUT2D eigenvalue weighted by molar-refractivity contribution is 6.33. The predicted molar refractivity (Wildman–Crippen MR) is 168 cm³/mol. The molecule has 0 saturated heterocycles. The molecule has 3 rings (SSSR count). The first-order valence-electron chi connectivity index (χ1n) is 13.2. The smallest absolute Gasteiger partial charge is 0.412 e. The maximum absolute atomic E-state index is 12.3. The van der Waals surface area contributed by atoms with E-state index in [1.165, 1.54) is 26.5 Å². The average molecular weight is 617 g/mol. The predicted octanol–water partition coefficient (Wildman–Crippen LogP) is 5.89. The number of ether oxygens (including phenoxy) is 3. The number of hydrogen-bond donors (Lipinski definition) is 3. The Balaban J connectivity index is 1.91. The standard InChI is InChI=1S/C28H37ClN8O6/c1-28(2,3)43-27(38)31-17-9-10-23(41-7)19(13-17)32-25-18(29)16-30-26(34-25)33-20-14-22(37(39)40)21(15-24(20)42-8)36(6)12-11-35(4)5/h9-10,13-16H,11-12H2,1-8H3,(H,31,38)(H2,30,32,33,34). The molecule has 1 heterocycles. The highest BCUT2D eigenvalue weighted by atomic mass is 35.5. The summed E-state index contributed by atoms with van der Waals surface area (Å²) in [6.07, 6.45) is 0.756. The van der Waals surface area contributed by atoms with Crippen molar-refractivity contribution in [3.05, 3.63) is 51.7 Å². The van der Waals surface area contributed by atoms with Gasteiger partial charge in [0.05, 0.1) is 36.7 Å². The van der Waals surface area contributed by atoms with E-state index >= 15 is 0 Å². The number of halogens is 1. The van der Waals surface area contributed by atoms with Crippen molar-refractivity contribution in [1.29, 1.82) is 0 Å². The zero-order chi connectivity index (χ0) is 31.9. The highest BCUT2D eigenvalue weighted by Crippen LogP contribution is 2.39. The normalized spacial score (nSPS) is 11.1. The van der Waals surface area contributed by atoms with E-state index < -0.39 is 16.6 Å². The van der Waals surface area contributed by atoms with E-state index in [1.54, 1.807) is 57.0 Å². The number of methoxy groups -OCH3 is 2. The Morgan fingerprint density at radius 3 is 2.30 bits per heavy atom. The molecular formula is C28H37ClN8O6. The van der Waals surface area contributed by atoms with E-state index in [-0.39, 0.29) is 28.2 Å². The lowest BCUT2D eigenvalue weighted by Gasteiger charge is -2.22. The number of nitrogens with one attached hydrogen (secondary N) is 3. The van der Waals surface area contributed by atoms with Gasteiger partial charge in [-0.3, -0.25) is 15.4 Å². The Bertz CT molecular complexity index is 1460. The van der Waals surface area contributed by atoms with E-state index in [4.69, 9.17) is 25.8 Å². The molecule has 3 N–H and O–H groups in total. The number of carbonyl (C=O) groups excluding carboxylic acids is 1. The molecule has 0 spiro atoms. The van der Waals surface area contributed by atoms with E-state index in [9.17, 15) is 14.9 Å². The summed E-state index contributed by atoms with van der Waals surface area (Å²) in [5, 5.41) is 20.9. The molecule has 0 aliphatic rings. The Hall–Kier alpha value is -4.56. The number of nitro groups is 1. The molecule has 15 heteroatoms. The van der Waals surface area contributed by atoms with Gasteiger partial charge in [0.2, 0.25) is 5.95 Å². The molecule has 0 bridgehead atoms. The number of benzene rings is 2. The molecule has 2 aromatic carbocycles. The second-order valence-electron chi connectivity index (χ2n) is 10.7. The molecule has 1 aromatic heterocycles. The monoisotopic (exact) mass is 616 g/mol. The summed E-state index contributed by atoms with van der Waals surface area (Å²) in [6, 6.07) is 7.92. The van der Waals surface area contributed by atoms with Gasteiger partial charge in [-0.15, -0.1) is 0 Å². The summed E-state index contributed by atoms with van der Waals surface area (Å²) >= 11 is 6.41. The summed E-state index contributed by atoms with van der Waals surface area (Å²) in [4.78, 5) is 36.3. The quantitative estimate of drug-likeness (QED) is 0.164. The minimum Gasteiger partial charge on any atom is -0.495 e. The number of aromatic nitrogens is 2. The van der Waals surface area contributed by atoms with Crippen molar-refractivity contribution >= 4 is 57.9 Å². The van der Waals surface area contributed by atoms with Gasteiger partial charge in [0.25, 0.3) is 5.69 Å². The molecule has 232 valence electrons. The topological polar surface area (TPSA) is 156 Å². The largest absolute Gasteiger partial charge is 0.495 e. The molecule has 0 unspecified atom stereocenters. The van der Waals surface area contributed by atoms with E-state index in [0.717, 1.165) is 0 Å². The molecule has 0 aliphatic carbocycles. The first kappa shape index (κ1) is 32.9. The first-order valence-corrected chi connectivity index (χ1v) is 13.6. The van der Waals surface area contributed by atoms with Crippen molar-refractivity contribution in [2.75, 3.05) is 69.3 Å². The van der Waals surface area contributed by atoms with Crippen LogP contribution in [-0.2, 0) is 4.74 Å². The molecular weight excluding hydrogens is 580 g/mol. The lowest BCUT2D eigenvalue weighted by molar-refractivity contribution is -0.384. The van der Waals surface area contributed by atoms with Gasteiger partial charge in [-0.1, -0.05) is 11.6 Å². The fraction of sp³-hybridized carbons (Fsp3) is 0.393. The summed E-state index contributed by atoms with van der Waals surface area (Å²) in [5.74, 6) is 1.11. The number of nitro benzene ring substituents is 1. The zero-order valence-corrected chi connectivity index (χ0v) is 26.2. The molecule has 0 fully saturated rings. The van der Waals surface area contributed by atoms with Crippen LogP contribution in [0.5, 0.6) is 11.5 Å². The molecule has 14 nitrogen and oxygen atoms in total. The van der Waals surface area contributed by atoms with Gasteiger partial charge >= 0.3 is 6.09 Å². The number of rotatable bonds is 12. The summed E-state index contributed by atoms with van der Waals surface area (Å²) in [6.45, 7) is 6.57. The maximum atomic E-state index is 12.3. The van der Waals surface area contributed by atoms with Crippen LogP contribution in [0.3, 0.4) is 0 Å². The van der Waals surface area contributed by atoms with Crippen molar-refractivity contribution in [2.45, 2.75) is 26.4 Å². The fourth-order valence-corrected chi connectivity index (χ4v) is 3.95. The Morgan fingerprint density at radius 1 is 1.02 bits per heavy atom. The Morgan fingerprint density at radius 2 is 1.70 bits per heavy atom. The second kappa shape index (κ2) is 14.1. The molecule has 0 saturated carbocycles. The Kier molecular flexibility index (Phi) is 10.8. The summed E-state index contributed by atoms with van der Waals surface area (Å²) in [5.41, 5.74) is 0.792. The third-order valence-corrected chi connectivity index (χ3v) is 6.15. The third-order valence-electron chi connectivity index (χ3n) is 5.88. The molecule has 1 amide bonds. The summed E-state index contributed by atoms with van der Waals surface area (Å²) in [7, 11) is 8.61. The second-order valence-corrected chi connectivity index (χ2v) is 11.1. The number of carbonyl (C=O) groups is 1. The van der Waals surface area contributed by atoms with Crippen LogP contribution in [0.25, 0.3) is 0 Å². The van der Waals surface area contributed by atoms with Gasteiger partial charge in [0.1, 0.15) is 27.8 Å². The van der Waals surface area contributed by atoms with Gasteiger partial charge < -0.3 is 34.6 Å². The first-order chi connectivity index (χ1) is 20.2. The molecule has 43 heavy (non-hydrogen) atoms. The number of amides is 1. The Labute approximate surface area is 255 Å². The van der Waals surface area contributed by atoms with Crippen LogP contribution in [0.4, 0.5) is 45.0 Å². The third kappa shape index (κ3) is 9.21. The average Bonchev–Trinajstić information content (AvgIpc) is 2.92. The summed E-state index contributed by atoms with van der Waals surface area (Å²) < 4.78 is 16.3. The van der Waals surface area contributed by atoms with E-state index in [0.29, 0.717) is 41.7 Å². The lowest BCUT2D eigenvalue weighted by atomic mass is 10.2. The number of anilines is 6. The van der Waals surface area contributed by atoms with Gasteiger partial charge in [-0.25, -0.2) is 9.78 Å². The van der Waals surface area contributed by atoms with E-state index in [1.807, 2.05) is 19.0 Å². The van der Waals surface area contributed by atoms with Crippen LogP contribution < -0.4 is 30.3 Å². The number of hydrogen-bond acceptors (Lipinski definition) is 12. The maximum Gasteiger partial charge on any atom is 0.412 e.